The smallest absolute Gasteiger partial charge is 0.429 e. The van der Waals surface area contributed by atoms with Gasteiger partial charge in [-0.1, -0.05) is 18.2 Å². The molecule has 1 nitrogen and oxygen atoms in total. The second kappa shape index (κ2) is 7.78. The first kappa shape index (κ1) is 22.4. The second-order valence-corrected chi connectivity index (χ2v) is 6.17. The second-order valence-electron chi connectivity index (χ2n) is 6.17. The molecule has 0 amide bonds. The Balaban J connectivity index is 2.00. The van der Waals surface area contributed by atoms with Crippen molar-refractivity contribution in [1.82, 2.24) is 0 Å². The molecule has 3 aromatic carbocycles. The number of benzene rings is 3. The molecule has 0 unspecified atom stereocenters. The van der Waals surface area contributed by atoms with E-state index in [9.17, 15) is 43.9 Å². The lowest BCUT2D eigenvalue weighted by Gasteiger charge is -2.20. The van der Waals surface area contributed by atoms with Crippen molar-refractivity contribution in [1.29, 1.82) is 0 Å². The van der Waals surface area contributed by atoms with E-state index in [0.717, 1.165) is 12.1 Å². The molecule has 0 aromatic heterocycles. The summed E-state index contributed by atoms with van der Waals surface area (Å²) in [5, 5.41) is 0. The zero-order valence-corrected chi connectivity index (χ0v) is 14.8. The normalized spacial score (nSPS) is 12.2. The largest absolute Gasteiger partial charge is 0.432 e. The molecule has 0 N–H and O–H groups in total. The number of hydrogen-bond donors (Lipinski definition) is 0. The van der Waals surface area contributed by atoms with Gasteiger partial charge in [-0.25, -0.2) is 22.0 Å². The van der Waals surface area contributed by atoms with E-state index in [2.05, 4.69) is 4.74 Å². The molecule has 11 heteroatoms. The average Bonchev–Trinajstić information content (AvgIpc) is 2.58. The van der Waals surface area contributed by atoms with Gasteiger partial charge in [0.05, 0.1) is 0 Å². The van der Waals surface area contributed by atoms with Crippen LogP contribution in [-0.4, -0.2) is 0 Å². The lowest BCUT2D eigenvalue weighted by molar-refractivity contribution is -0.189. The number of rotatable bonds is 4. The Morgan fingerprint density at radius 2 is 1.06 bits per heavy atom. The van der Waals surface area contributed by atoms with Crippen LogP contribution in [0.4, 0.5) is 43.9 Å². The van der Waals surface area contributed by atoms with Crippen LogP contribution in [0.5, 0.6) is 5.75 Å². The summed E-state index contributed by atoms with van der Waals surface area (Å²) < 4.78 is 140. The molecule has 0 saturated carbocycles. The Labute approximate surface area is 167 Å². The van der Waals surface area contributed by atoms with E-state index < -0.39 is 63.8 Å². The van der Waals surface area contributed by atoms with Crippen LogP contribution < -0.4 is 4.74 Å². The standard InChI is InChI=1S/C20H8F10O/c21-12-4-2-1-3-11(12)9-5-13(22)18(14(23)6-9)20(29,30)31-10-7-15(24)17(16(25)8-10)19(26,27)28/h1-8H. The van der Waals surface area contributed by atoms with Gasteiger partial charge in [-0.2, -0.15) is 22.0 Å². The Morgan fingerprint density at radius 3 is 1.55 bits per heavy atom. The Hall–Kier alpha value is -3.24. The Bertz CT molecular complexity index is 1090. The maximum atomic E-state index is 14.3. The van der Waals surface area contributed by atoms with Crippen LogP contribution >= 0.6 is 0 Å². The van der Waals surface area contributed by atoms with E-state index in [-0.39, 0.29) is 17.7 Å². The van der Waals surface area contributed by atoms with E-state index >= 15 is 0 Å². The van der Waals surface area contributed by atoms with Gasteiger partial charge in [0.15, 0.2) is 0 Å². The lowest BCUT2D eigenvalue weighted by atomic mass is 10.0. The molecular weight excluding hydrogens is 446 g/mol. The summed E-state index contributed by atoms with van der Waals surface area (Å²) >= 11 is 0. The van der Waals surface area contributed by atoms with Crippen molar-refractivity contribution in [2.45, 2.75) is 12.3 Å². The average molecular weight is 454 g/mol. The van der Waals surface area contributed by atoms with Crippen molar-refractivity contribution in [3.8, 4) is 16.9 Å². The molecule has 3 rings (SSSR count). The van der Waals surface area contributed by atoms with Crippen molar-refractivity contribution in [3.05, 3.63) is 88.7 Å². The molecule has 0 fully saturated rings. The van der Waals surface area contributed by atoms with Gasteiger partial charge in [0.25, 0.3) is 0 Å². The topological polar surface area (TPSA) is 9.23 Å². The van der Waals surface area contributed by atoms with Crippen LogP contribution in [0.1, 0.15) is 11.1 Å². The van der Waals surface area contributed by atoms with Crippen LogP contribution in [0.25, 0.3) is 11.1 Å². The van der Waals surface area contributed by atoms with Crippen LogP contribution in [-0.2, 0) is 12.3 Å². The van der Waals surface area contributed by atoms with E-state index in [1.165, 1.54) is 12.1 Å². The third-order valence-electron chi connectivity index (χ3n) is 4.06. The van der Waals surface area contributed by atoms with E-state index in [0.29, 0.717) is 12.1 Å². The maximum Gasteiger partial charge on any atom is 0.432 e. The predicted molar refractivity (Wildman–Crippen MR) is 87.6 cm³/mol. The summed E-state index contributed by atoms with van der Waals surface area (Å²) in [6, 6.07) is 5.05. The van der Waals surface area contributed by atoms with Gasteiger partial charge in [0.2, 0.25) is 0 Å². The van der Waals surface area contributed by atoms with Gasteiger partial charge in [0, 0.05) is 17.7 Å². The molecule has 0 radical (unpaired) electrons. The zero-order valence-electron chi connectivity index (χ0n) is 14.8. The van der Waals surface area contributed by atoms with E-state index in [1.807, 2.05) is 0 Å². The summed E-state index contributed by atoms with van der Waals surface area (Å²) in [4.78, 5) is 0. The molecule has 0 aliphatic heterocycles. The van der Waals surface area contributed by atoms with Crippen molar-refractivity contribution < 1.29 is 48.6 Å². The van der Waals surface area contributed by atoms with Gasteiger partial charge < -0.3 is 4.74 Å². The summed E-state index contributed by atoms with van der Waals surface area (Å²) in [6.45, 7) is 0. The molecule has 31 heavy (non-hydrogen) atoms. The first-order chi connectivity index (χ1) is 14.3. The van der Waals surface area contributed by atoms with E-state index in [1.54, 1.807) is 0 Å². The highest BCUT2D eigenvalue weighted by Gasteiger charge is 2.43. The highest BCUT2D eigenvalue weighted by molar-refractivity contribution is 5.65. The van der Waals surface area contributed by atoms with Gasteiger partial charge in [0.1, 0.15) is 46.0 Å². The van der Waals surface area contributed by atoms with E-state index in [4.69, 9.17) is 0 Å². The van der Waals surface area contributed by atoms with Crippen LogP contribution in [0.3, 0.4) is 0 Å². The van der Waals surface area contributed by atoms with Gasteiger partial charge >= 0.3 is 12.3 Å². The molecule has 0 heterocycles. The molecule has 0 saturated heterocycles. The molecule has 164 valence electrons. The van der Waals surface area contributed by atoms with Crippen LogP contribution in [0, 0.1) is 29.1 Å². The van der Waals surface area contributed by atoms with Gasteiger partial charge in [-0.3, -0.25) is 0 Å². The highest BCUT2D eigenvalue weighted by atomic mass is 19.4. The zero-order chi connectivity index (χ0) is 23.1. The third-order valence-corrected chi connectivity index (χ3v) is 4.06. The SMILES string of the molecule is Fc1ccccc1-c1cc(F)c(C(F)(F)Oc2cc(F)c(C(F)(F)F)c(F)c2)c(F)c1. The van der Waals surface area contributed by atoms with Crippen molar-refractivity contribution in [2.75, 3.05) is 0 Å². The molecule has 0 aliphatic rings. The van der Waals surface area contributed by atoms with Crippen LogP contribution in [0.2, 0.25) is 0 Å². The Morgan fingerprint density at radius 1 is 0.581 bits per heavy atom. The monoisotopic (exact) mass is 454 g/mol. The summed E-state index contributed by atoms with van der Waals surface area (Å²) in [7, 11) is 0. The summed E-state index contributed by atoms with van der Waals surface area (Å²) in [5.74, 6) is -10.7. The van der Waals surface area contributed by atoms with Crippen molar-refractivity contribution >= 4 is 0 Å². The summed E-state index contributed by atoms with van der Waals surface area (Å²) in [6.07, 6.45) is -10.4. The summed E-state index contributed by atoms with van der Waals surface area (Å²) in [5.41, 5.74) is -5.08. The fraction of sp³-hybridized carbons (Fsp3) is 0.100. The molecule has 0 atom stereocenters. The molecule has 3 aromatic rings. The molecule has 0 aliphatic carbocycles. The van der Waals surface area contributed by atoms with Crippen molar-refractivity contribution in [3.63, 3.8) is 0 Å². The minimum absolute atomic E-state index is 0.205. The maximum absolute atomic E-state index is 14.3. The fourth-order valence-corrected chi connectivity index (χ4v) is 2.78. The third kappa shape index (κ3) is 4.44. The number of halogens is 10. The van der Waals surface area contributed by atoms with Gasteiger partial charge in [-0.15, -0.1) is 0 Å². The minimum Gasteiger partial charge on any atom is -0.429 e. The predicted octanol–water partition coefficient (Wildman–Crippen LogP) is 7.20. The highest BCUT2D eigenvalue weighted by Crippen LogP contribution is 2.40. The number of alkyl halides is 5. The number of ether oxygens (including phenoxy) is 1. The first-order valence-electron chi connectivity index (χ1n) is 8.18. The molecule has 0 bridgehead atoms. The molecular formula is C20H8F10O. The lowest BCUT2D eigenvalue weighted by Crippen LogP contribution is -2.25. The van der Waals surface area contributed by atoms with Gasteiger partial charge in [-0.05, 0) is 23.8 Å². The Kier molecular flexibility index (Phi) is 5.64. The fourth-order valence-electron chi connectivity index (χ4n) is 2.78. The number of hydrogen-bond acceptors (Lipinski definition) is 1. The quantitative estimate of drug-likeness (QED) is 0.379. The van der Waals surface area contributed by atoms with Crippen molar-refractivity contribution in [2.24, 2.45) is 0 Å². The molecule has 0 spiro atoms. The minimum atomic E-state index is -5.46. The first-order valence-corrected chi connectivity index (χ1v) is 8.18. The van der Waals surface area contributed by atoms with Crippen LogP contribution in [0.15, 0.2) is 48.5 Å².